The summed E-state index contributed by atoms with van der Waals surface area (Å²) in [5, 5.41) is 13.3. The van der Waals surface area contributed by atoms with Gasteiger partial charge in [0.25, 0.3) is 0 Å². The number of nitrogens with one attached hydrogen (secondary N) is 1. The van der Waals surface area contributed by atoms with Crippen LogP contribution in [-0.2, 0) is 6.54 Å². The van der Waals surface area contributed by atoms with Crippen molar-refractivity contribution in [3.63, 3.8) is 0 Å². The lowest BCUT2D eigenvalue weighted by molar-refractivity contribution is 0.358. The van der Waals surface area contributed by atoms with Gasteiger partial charge in [-0.3, -0.25) is 0 Å². The first-order valence-electron chi connectivity index (χ1n) is 7.09. The molecule has 0 bridgehead atoms. The Bertz CT molecular complexity index is 380. The monoisotopic (exact) mass is 327 g/mol. The zero-order chi connectivity index (χ0) is 14.4. The largest absolute Gasteiger partial charge is 0.507 e. The van der Waals surface area contributed by atoms with Crippen LogP contribution in [0.2, 0.25) is 0 Å². The molecule has 2 nitrogen and oxygen atoms in total. The molecule has 0 fully saturated rings. The van der Waals surface area contributed by atoms with Crippen LogP contribution in [0.3, 0.4) is 0 Å². The lowest BCUT2D eigenvalue weighted by Gasteiger charge is -2.23. The molecular weight excluding hydrogens is 302 g/mol. The molecule has 1 rings (SSSR count). The molecule has 1 aromatic rings. The van der Waals surface area contributed by atoms with Crippen molar-refractivity contribution in [2.24, 2.45) is 11.8 Å². The Kier molecular flexibility index (Phi) is 6.87. The number of rotatable bonds is 7. The van der Waals surface area contributed by atoms with E-state index in [0.29, 0.717) is 23.6 Å². The SMILES string of the molecule is CC(C)CC(CC(C)C)NCc1cccc(O)c1Br. The second-order valence-corrected chi connectivity index (χ2v) is 6.88. The second-order valence-electron chi connectivity index (χ2n) is 6.09. The molecule has 19 heavy (non-hydrogen) atoms. The van der Waals surface area contributed by atoms with Gasteiger partial charge in [-0.25, -0.2) is 0 Å². The number of halogens is 1. The van der Waals surface area contributed by atoms with Gasteiger partial charge < -0.3 is 10.4 Å². The Balaban J connectivity index is 2.62. The van der Waals surface area contributed by atoms with E-state index in [4.69, 9.17) is 0 Å². The molecule has 0 saturated heterocycles. The summed E-state index contributed by atoms with van der Waals surface area (Å²) in [5.41, 5.74) is 1.11. The summed E-state index contributed by atoms with van der Waals surface area (Å²) < 4.78 is 0.801. The Morgan fingerprint density at radius 3 is 2.21 bits per heavy atom. The molecule has 0 heterocycles. The third-order valence-electron chi connectivity index (χ3n) is 3.15. The molecule has 0 aliphatic heterocycles. The molecule has 0 aromatic heterocycles. The van der Waals surface area contributed by atoms with Crippen LogP contribution < -0.4 is 5.32 Å². The number of phenolic OH excluding ortho intramolecular Hbond substituents is 1. The molecule has 0 saturated carbocycles. The number of hydrogen-bond donors (Lipinski definition) is 2. The first kappa shape index (κ1) is 16.5. The molecule has 0 unspecified atom stereocenters. The minimum absolute atomic E-state index is 0.309. The van der Waals surface area contributed by atoms with E-state index in [1.165, 1.54) is 12.8 Å². The molecule has 0 amide bonds. The van der Waals surface area contributed by atoms with Crippen LogP contribution in [0, 0.1) is 11.8 Å². The molecule has 0 radical (unpaired) electrons. The lowest BCUT2D eigenvalue weighted by Crippen LogP contribution is -2.31. The van der Waals surface area contributed by atoms with Gasteiger partial charge in [-0.1, -0.05) is 39.8 Å². The van der Waals surface area contributed by atoms with E-state index in [1.54, 1.807) is 6.07 Å². The van der Waals surface area contributed by atoms with Crippen LogP contribution in [0.5, 0.6) is 5.75 Å². The number of aromatic hydroxyl groups is 1. The van der Waals surface area contributed by atoms with Crippen LogP contribution in [0.25, 0.3) is 0 Å². The first-order chi connectivity index (χ1) is 8.90. The van der Waals surface area contributed by atoms with Gasteiger partial charge in [0.2, 0.25) is 0 Å². The molecule has 1 aromatic carbocycles. The fourth-order valence-electron chi connectivity index (χ4n) is 2.36. The highest BCUT2D eigenvalue weighted by Crippen LogP contribution is 2.27. The van der Waals surface area contributed by atoms with Crippen molar-refractivity contribution in [1.29, 1.82) is 0 Å². The zero-order valence-corrected chi connectivity index (χ0v) is 14.0. The molecule has 0 atom stereocenters. The van der Waals surface area contributed by atoms with Gasteiger partial charge in [-0.2, -0.15) is 0 Å². The van der Waals surface area contributed by atoms with Gasteiger partial charge in [0.15, 0.2) is 0 Å². The van der Waals surface area contributed by atoms with E-state index in [2.05, 4.69) is 48.9 Å². The van der Waals surface area contributed by atoms with Crippen molar-refractivity contribution in [3.8, 4) is 5.75 Å². The molecular formula is C16H26BrNO. The second kappa shape index (κ2) is 7.91. The predicted molar refractivity (Wildman–Crippen MR) is 85.3 cm³/mol. The van der Waals surface area contributed by atoms with Crippen LogP contribution in [0.1, 0.15) is 46.1 Å². The molecule has 3 heteroatoms. The smallest absolute Gasteiger partial charge is 0.130 e. The van der Waals surface area contributed by atoms with Gasteiger partial charge >= 0.3 is 0 Å². The highest BCUT2D eigenvalue weighted by molar-refractivity contribution is 9.10. The summed E-state index contributed by atoms with van der Waals surface area (Å²) in [7, 11) is 0. The summed E-state index contributed by atoms with van der Waals surface area (Å²) in [6.07, 6.45) is 2.38. The third-order valence-corrected chi connectivity index (χ3v) is 4.07. The summed E-state index contributed by atoms with van der Waals surface area (Å²) >= 11 is 3.44. The highest BCUT2D eigenvalue weighted by Gasteiger charge is 2.13. The number of benzene rings is 1. The average molecular weight is 328 g/mol. The fraction of sp³-hybridized carbons (Fsp3) is 0.625. The van der Waals surface area contributed by atoms with Crippen molar-refractivity contribution in [1.82, 2.24) is 5.32 Å². The van der Waals surface area contributed by atoms with E-state index in [-0.39, 0.29) is 0 Å². The third kappa shape index (κ3) is 5.96. The van der Waals surface area contributed by atoms with E-state index in [0.717, 1.165) is 16.6 Å². The standard InChI is InChI=1S/C16H26BrNO/c1-11(2)8-14(9-12(3)4)18-10-13-6-5-7-15(19)16(13)17/h5-7,11-12,14,18-19H,8-10H2,1-4H3. The van der Waals surface area contributed by atoms with Crippen LogP contribution in [-0.4, -0.2) is 11.1 Å². The number of hydrogen-bond acceptors (Lipinski definition) is 2. The zero-order valence-electron chi connectivity index (χ0n) is 12.4. The normalized spacial score (nSPS) is 11.8. The average Bonchev–Trinajstić information content (AvgIpc) is 2.29. The summed E-state index contributed by atoms with van der Waals surface area (Å²) in [5.74, 6) is 1.70. The van der Waals surface area contributed by atoms with E-state index < -0.39 is 0 Å². The van der Waals surface area contributed by atoms with Gasteiger partial charge in [-0.05, 0) is 52.2 Å². The molecule has 0 spiro atoms. The Hall–Kier alpha value is -0.540. The van der Waals surface area contributed by atoms with Gasteiger partial charge in [0, 0.05) is 12.6 Å². The summed E-state index contributed by atoms with van der Waals surface area (Å²) in [6, 6.07) is 6.16. The molecule has 108 valence electrons. The predicted octanol–water partition coefficient (Wildman–Crippen LogP) is 4.71. The van der Waals surface area contributed by atoms with Gasteiger partial charge in [-0.15, -0.1) is 0 Å². The first-order valence-corrected chi connectivity index (χ1v) is 7.89. The Morgan fingerprint density at radius 1 is 1.11 bits per heavy atom. The molecule has 0 aliphatic rings. The lowest BCUT2D eigenvalue weighted by atomic mass is 9.95. The maximum atomic E-state index is 9.68. The van der Waals surface area contributed by atoms with Crippen molar-refractivity contribution >= 4 is 15.9 Å². The van der Waals surface area contributed by atoms with Gasteiger partial charge in [0.1, 0.15) is 5.75 Å². The topological polar surface area (TPSA) is 32.3 Å². The maximum absolute atomic E-state index is 9.68. The Labute approximate surface area is 125 Å². The minimum Gasteiger partial charge on any atom is -0.507 e. The van der Waals surface area contributed by atoms with Crippen molar-refractivity contribution in [2.75, 3.05) is 0 Å². The van der Waals surface area contributed by atoms with Crippen LogP contribution in [0.4, 0.5) is 0 Å². The fourth-order valence-corrected chi connectivity index (χ4v) is 2.76. The van der Waals surface area contributed by atoms with Gasteiger partial charge in [0.05, 0.1) is 4.47 Å². The number of phenols is 1. The maximum Gasteiger partial charge on any atom is 0.130 e. The van der Waals surface area contributed by atoms with Crippen molar-refractivity contribution < 1.29 is 5.11 Å². The quantitative estimate of drug-likeness (QED) is 0.760. The van der Waals surface area contributed by atoms with E-state index >= 15 is 0 Å². The van der Waals surface area contributed by atoms with E-state index in [9.17, 15) is 5.11 Å². The minimum atomic E-state index is 0.309. The molecule has 2 N–H and O–H groups in total. The molecule has 0 aliphatic carbocycles. The Morgan fingerprint density at radius 2 is 1.68 bits per heavy atom. The highest BCUT2D eigenvalue weighted by atomic mass is 79.9. The van der Waals surface area contributed by atoms with Crippen LogP contribution >= 0.6 is 15.9 Å². The van der Waals surface area contributed by atoms with Crippen molar-refractivity contribution in [2.45, 2.75) is 53.1 Å². The summed E-state index contributed by atoms with van der Waals surface area (Å²) in [4.78, 5) is 0. The van der Waals surface area contributed by atoms with Crippen molar-refractivity contribution in [3.05, 3.63) is 28.2 Å². The van der Waals surface area contributed by atoms with E-state index in [1.807, 2.05) is 12.1 Å². The summed E-state index contributed by atoms with van der Waals surface area (Å²) in [6.45, 7) is 9.84. The van der Waals surface area contributed by atoms with Crippen LogP contribution in [0.15, 0.2) is 22.7 Å².